The fraction of sp³-hybridized carbons (Fsp3) is 0.211. The number of aromatic nitrogens is 6. The van der Waals surface area contributed by atoms with Crippen LogP contribution in [0.5, 0.6) is 11.5 Å². The monoisotopic (exact) mass is 409 g/mol. The van der Waals surface area contributed by atoms with Gasteiger partial charge in [0.25, 0.3) is 11.5 Å². The third-order valence-electron chi connectivity index (χ3n) is 4.32. The van der Waals surface area contributed by atoms with Gasteiger partial charge < -0.3 is 14.8 Å². The van der Waals surface area contributed by atoms with Crippen molar-refractivity contribution in [1.82, 2.24) is 29.5 Å². The van der Waals surface area contributed by atoms with Crippen molar-refractivity contribution in [2.75, 3.05) is 19.0 Å². The van der Waals surface area contributed by atoms with Crippen molar-refractivity contribution < 1.29 is 14.3 Å². The molecule has 3 heterocycles. The molecule has 11 heteroatoms. The molecule has 11 nitrogen and oxygen atoms in total. The van der Waals surface area contributed by atoms with Crippen molar-refractivity contribution in [3.05, 3.63) is 52.6 Å². The number of hydrogen-bond acceptors (Lipinski definition) is 7. The number of anilines is 1. The summed E-state index contributed by atoms with van der Waals surface area (Å²) in [5.74, 6) is 1.06. The van der Waals surface area contributed by atoms with Gasteiger partial charge in [-0.3, -0.25) is 19.3 Å². The molecule has 0 saturated carbocycles. The van der Waals surface area contributed by atoms with E-state index in [0.717, 1.165) is 0 Å². The number of fused-ring (bicyclic) bond motifs is 1. The van der Waals surface area contributed by atoms with Crippen LogP contribution in [-0.4, -0.2) is 49.2 Å². The zero-order valence-electron chi connectivity index (χ0n) is 16.5. The molecule has 1 amide bonds. The van der Waals surface area contributed by atoms with E-state index in [-0.39, 0.29) is 18.1 Å². The van der Waals surface area contributed by atoms with E-state index in [4.69, 9.17) is 9.47 Å². The number of amides is 1. The lowest BCUT2D eigenvalue weighted by Gasteiger charge is -2.11. The van der Waals surface area contributed by atoms with E-state index in [9.17, 15) is 9.59 Å². The number of aromatic amines is 1. The van der Waals surface area contributed by atoms with E-state index in [1.54, 1.807) is 44.3 Å². The minimum absolute atomic E-state index is 0.158. The molecule has 0 radical (unpaired) electrons. The summed E-state index contributed by atoms with van der Waals surface area (Å²) in [5, 5.41) is 11.4. The highest BCUT2D eigenvalue weighted by Gasteiger charge is 2.16. The van der Waals surface area contributed by atoms with Crippen LogP contribution in [0.3, 0.4) is 0 Å². The average molecular weight is 409 g/mol. The third-order valence-corrected chi connectivity index (χ3v) is 4.32. The van der Waals surface area contributed by atoms with E-state index in [2.05, 4.69) is 25.5 Å². The topological polar surface area (TPSA) is 129 Å². The number of carbonyl (C=O) groups is 1. The fourth-order valence-corrected chi connectivity index (χ4v) is 2.93. The van der Waals surface area contributed by atoms with Gasteiger partial charge in [-0.25, -0.2) is 0 Å². The molecule has 154 valence electrons. The quantitative estimate of drug-likeness (QED) is 0.489. The number of benzene rings is 1. The summed E-state index contributed by atoms with van der Waals surface area (Å²) in [4.78, 5) is 31.9. The number of ether oxygens (including phenoxy) is 2. The summed E-state index contributed by atoms with van der Waals surface area (Å²) in [6.45, 7) is 1.52. The zero-order valence-corrected chi connectivity index (χ0v) is 16.5. The average Bonchev–Trinajstić information content (AvgIpc) is 3.29. The highest BCUT2D eigenvalue weighted by atomic mass is 16.5. The molecule has 0 fully saturated rings. The van der Waals surface area contributed by atoms with Gasteiger partial charge in [-0.2, -0.15) is 19.9 Å². The van der Waals surface area contributed by atoms with Crippen LogP contribution >= 0.6 is 0 Å². The van der Waals surface area contributed by atoms with E-state index in [1.807, 2.05) is 0 Å². The lowest BCUT2D eigenvalue weighted by atomic mass is 10.3. The number of nitrogens with one attached hydrogen (secondary N) is 2. The maximum absolute atomic E-state index is 12.4. The maximum atomic E-state index is 12.4. The highest BCUT2D eigenvalue weighted by Crippen LogP contribution is 2.25. The van der Waals surface area contributed by atoms with Crippen LogP contribution in [0.25, 0.3) is 17.0 Å². The summed E-state index contributed by atoms with van der Waals surface area (Å²) < 4.78 is 13.6. The van der Waals surface area contributed by atoms with Crippen molar-refractivity contribution in [3.63, 3.8) is 0 Å². The second-order valence-corrected chi connectivity index (χ2v) is 6.47. The Balaban J connectivity index is 1.57. The van der Waals surface area contributed by atoms with Crippen LogP contribution in [0, 0.1) is 6.92 Å². The molecular formula is C19H19N7O4. The minimum atomic E-state index is -0.411. The van der Waals surface area contributed by atoms with Gasteiger partial charge in [0.05, 0.1) is 19.0 Å². The van der Waals surface area contributed by atoms with Crippen molar-refractivity contribution in [3.8, 4) is 17.4 Å². The Bertz CT molecular complexity index is 1290. The fourth-order valence-electron chi connectivity index (χ4n) is 2.93. The van der Waals surface area contributed by atoms with Crippen LogP contribution in [0.4, 0.5) is 5.82 Å². The molecule has 0 aliphatic heterocycles. The van der Waals surface area contributed by atoms with Crippen molar-refractivity contribution in [2.45, 2.75) is 6.92 Å². The summed E-state index contributed by atoms with van der Waals surface area (Å²) in [5.41, 5.74) is 0.676. The number of methoxy groups -OCH3 is 1. The van der Waals surface area contributed by atoms with Gasteiger partial charge in [0.15, 0.2) is 23.8 Å². The van der Waals surface area contributed by atoms with Crippen LogP contribution in [0.1, 0.15) is 5.69 Å². The van der Waals surface area contributed by atoms with E-state index >= 15 is 0 Å². The first-order chi connectivity index (χ1) is 14.5. The van der Waals surface area contributed by atoms with Gasteiger partial charge in [0, 0.05) is 13.1 Å². The van der Waals surface area contributed by atoms with Gasteiger partial charge in [0.1, 0.15) is 11.2 Å². The second kappa shape index (κ2) is 7.70. The van der Waals surface area contributed by atoms with Crippen LogP contribution in [-0.2, 0) is 11.8 Å². The molecule has 0 spiro atoms. The summed E-state index contributed by atoms with van der Waals surface area (Å²) in [6.07, 6.45) is 1.44. The van der Waals surface area contributed by atoms with Gasteiger partial charge in [-0.1, -0.05) is 12.1 Å². The summed E-state index contributed by atoms with van der Waals surface area (Å²) >= 11 is 0. The molecule has 1 aromatic carbocycles. The largest absolute Gasteiger partial charge is 0.493 e. The first kappa shape index (κ1) is 19.2. The first-order valence-electron chi connectivity index (χ1n) is 9.01. The lowest BCUT2D eigenvalue weighted by molar-refractivity contribution is -0.118. The molecule has 0 saturated heterocycles. The smallest absolute Gasteiger partial charge is 0.263 e. The van der Waals surface area contributed by atoms with E-state index in [0.29, 0.717) is 34.0 Å². The van der Waals surface area contributed by atoms with Gasteiger partial charge >= 0.3 is 0 Å². The zero-order chi connectivity index (χ0) is 21.3. The molecule has 3 aromatic heterocycles. The molecule has 30 heavy (non-hydrogen) atoms. The standard InChI is InChI=1S/C19H19N7O4/c1-11-8-15(21-16(27)10-30-14-7-5-4-6-13(14)29-3)26(24-11)19-22-17-12(18(28)23-19)9-20-25(17)2/h4-9H,10H2,1-3H3,(H,21,27)(H,22,23,28). The Kier molecular flexibility index (Phi) is 4.92. The van der Waals surface area contributed by atoms with Crippen LogP contribution in [0.2, 0.25) is 0 Å². The van der Waals surface area contributed by atoms with Gasteiger partial charge in [-0.15, -0.1) is 0 Å². The highest BCUT2D eigenvalue weighted by molar-refractivity contribution is 5.91. The van der Waals surface area contributed by atoms with Crippen molar-refractivity contribution >= 4 is 22.8 Å². The maximum Gasteiger partial charge on any atom is 0.263 e. The number of H-pyrrole nitrogens is 1. The molecule has 4 aromatic rings. The number of carbonyl (C=O) groups excluding carboxylic acids is 1. The molecule has 0 unspecified atom stereocenters. The Morgan fingerprint density at radius 2 is 2.03 bits per heavy atom. The molecule has 4 rings (SSSR count). The molecular weight excluding hydrogens is 390 g/mol. The number of rotatable bonds is 6. The van der Waals surface area contributed by atoms with E-state index < -0.39 is 5.91 Å². The number of nitrogens with zero attached hydrogens (tertiary/aromatic N) is 5. The lowest BCUT2D eigenvalue weighted by Crippen LogP contribution is -2.23. The molecule has 0 aliphatic rings. The summed E-state index contributed by atoms with van der Waals surface area (Å²) in [7, 11) is 3.21. The molecule has 0 atom stereocenters. The summed E-state index contributed by atoms with van der Waals surface area (Å²) in [6, 6.07) is 8.69. The first-order valence-corrected chi connectivity index (χ1v) is 9.01. The van der Waals surface area contributed by atoms with Gasteiger partial charge in [-0.05, 0) is 19.1 Å². The minimum Gasteiger partial charge on any atom is -0.493 e. The van der Waals surface area contributed by atoms with Crippen LogP contribution in [0.15, 0.2) is 41.3 Å². The Hall–Kier alpha value is -4.15. The molecule has 2 N–H and O–H groups in total. The molecule has 0 bridgehead atoms. The normalized spacial score (nSPS) is 10.9. The second-order valence-electron chi connectivity index (χ2n) is 6.47. The van der Waals surface area contributed by atoms with E-state index in [1.165, 1.54) is 22.7 Å². The number of hydrogen-bond donors (Lipinski definition) is 2. The SMILES string of the molecule is COc1ccccc1OCC(=O)Nc1cc(C)nn1-c1nc2c(cnn2C)c(=O)[nH]1. The Morgan fingerprint density at radius 3 is 2.80 bits per heavy atom. The van der Waals surface area contributed by atoms with Gasteiger partial charge in [0.2, 0.25) is 5.95 Å². The number of para-hydroxylation sites is 2. The van der Waals surface area contributed by atoms with Crippen molar-refractivity contribution in [2.24, 2.45) is 7.05 Å². The van der Waals surface area contributed by atoms with Crippen LogP contribution < -0.4 is 20.3 Å². The molecule has 0 aliphatic carbocycles. The predicted molar refractivity (Wildman–Crippen MR) is 108 cm³/mol. The Labute approximate surface area is 170 Å². The van der Waals surface area contributed by atoms with Crippen molar-refractivity contribution in [1.29, 1.82) is 0 Å². The number of aryl methyl sites for hydroxylation is 2. The third kappa shape index (κ3) is 3.60. The Morgan fingerprint density at radius 1 is 1.27 bits per heavy atom. The predicted octanol–water partition coefficient (Wildman–Crippen LogP) is 1.18.